The van der Waals surface area contributed by atoms with Crippen molar-refractivity contribution in [3.63, 3.8) is 0 Å². The standard InChI is InChI=1S/C15H22N4O2/c1-11-5-12(19(20)21)6-16-13(11)18-9-14(2)7-17(4)8-15(14,3)10-18/h5-6H,7-10H2,1-4H3/t14-,15-/m0/s1. The molecule has 1 aromatic heterocycles. The average molecular weight is 290 g/mol. The fourth-order valence-electron chi connectivity index (χ4n) is 4.14. The monoisotopic (exact) mass is 290 g/mol. The second kappa shape index (κ2) is 4.40. The van der Waals surface area contributed by atoms with Gasteiger partial charge in [-0.15, -0.1) is 0 Å². The van der Waals surface area contributed by atoms with E-state index in [2.05, 4.69) is 35.7 Å². The molecule has 3 heterocycles. The molecule has 0 amide bonds. The Morgan fingerprint density at radius 2 is 1.81 bits per heavy atom. The van der Waals surface area contributed by atoms with Crippen LogP contribution in [0.5, 0.6) is 0 Å². The smallest absolute Gasteiger partial charge is 0.287 e. The molecule has 0 radical (unpaired) electrons. The maximum atomic E-state index is 10.8. The van der Waals surface area contributed by atoms with Crippen LogP contribution in [0.15, 0.2) is 12.3 Å². The van der Waals surface area contributed by atoms with E-state index in [9.17, 15) is 10.1 Å². The molecule has 2 aliphatic heterocycles. The zero-order valence-corrected chi connectivity index (χ0v) is 13.1. The summed E-state index contributed by atoms with van der Waals surface area (Å²) < 4.78 is 0. The minimum Gasteiger partial charge on any atom is -0.355 e. The van der Waals surface area contributed by atoms with Gasteiger partial charge in [-0.3, -0.25) is 10.1 Å². The zero-order valence-electron chi connectivity index (χ0n) is 13.1. The molecule has 6 nitrogen and oxygen atoms in total. The first-order chi connectivity index (χ1) is 9.74. The van der Waals surface area contributed by atoms with Gasteiger partial charge in [-0.25, -0.2) is 4.98 Å². The molecule has 0 bridgehead atoms. The van der Waals surface area contributed by atoms with Crippen molar-refractivity contribution in [2.45, 2.75) is 20.8 Å². The van der Waals surface area contributed by atoms with E-state index in [0.717, 1.165) is 37.6 Å². The molecule has 0 N–H and O–H groups in total. The molecule has 2 saturated heterocycles. The van der Waals surface area contributed by atoms with Crippen LogP contribution in [0.4, 0.5) is 11.5 Å². The normalized spacial score (nSPS) is 32.5. The lowest BCUT2D eigenvalue weighted by Crippen LogP contribution is -2.34. The fourth-order valence-corrected chi connectivity index (χ4v) is 4.14. The molecule has 1 aromatic rings. The number of hydrogen-bond acceptors (Lipinski definition) is 5. The van der Waals surface area contributed by atoms with Crippen LogP contribution in [0, 0.1) is 27.9 Å². The van der Waals surface area contributed by atoms with Gasteiger partial charge in [0.25, 0.3) is 5.69 Å². The summed E-state index contributed by atoms with van der Waals surface area (Å²) in [5.41, 5.74) is 1.44. The molecule has 21 heavy (non-hydrogen) atoms. The summed E-state index contributed by atoms with van der Waals surface area (Å²) in [5.74, 6) is 0.889. The van der Waals surface area contributed by atoms with Crippen molar-refractivity contribution in [2.75, 3.05) is 38.1 Å². The number of rotatable bonds is 2. The molecule has 2 fully saturated rings. The molecule has 0 aliphatic carbocycles. The van der Waals surface area contributed by atoms with Crippen molar-refractivity contribution < 1.29 is 4.92 Å². The Balaban J connectivity index is 1.89. The summed E-state index contributed by atoms with van der Waals surface area (Å²) in [6.45, 7) is 10.7. The third-order valence-corrected chi connectivity index (χ3v) is 5.32. The van der Waals surface area contributed by atoms with Gasteiger partial charge in [-0.05, 0) is 19.5 Å². The Kier molecular flexibility index (Phi) is 2.99. The van der Waals surface area contributed by atoms with Gasteiger partial charge in [0.2, 0.25) is 0 Å². The highest BCUT2D eigenvalue weighted by Crippen LogP contribution is 2.52. The summed E-state index contributed by atoms with van der Waals surface area (Å²) in [7, 11) is 2.18. The van der Waals surface area contributed by atoms with E-state index in [1.807, 2.05) is 6.92 Å². The van der Waals surface area contributed by atoms with Crippen molar-refractivity contribution in [2.24, 2.45) is 10.8 Å². The number of aryl methyl sites for hydroxylation is 1. The number of hydrogen-bond donors (Lipinski definition) is 0. The van der Waals surface area contributed by atoms with E-state index in [1.165, 1.54) is 6.20 Å². The second-order valence-corrected chi connectivity index (χ2v) is 7.24. The van der Waals surface area contributed by atoms with Gasteiger partial charge < -0.3 is 9.80 Å². The van der Waals surface area contributed by atoms with Gasteiger partial charge in [0.1, 0.15) is 12.0 Å². The van der Waals surface area contributed by atoms with E-state index < -0.39 is 0 Å². The highest BCUT2D eigenvalue weighted by Gasteiger charge is 2.57. The molecule has 0 unspecified atom stereocenters. The highest BCUT2D eigenvalue weighted by atomic mass is 16.6. The van der Waals surface area contributed by atoms with Crippen molar-refractivity contribution in [1.29, 1.82) is 0 Å². The predicted molar refractivity (Wildman–Crippen MR) is 81.6 cm³/mol. The number of aromatic nitrogens is 1. The quantitative estimate of drug-likeness (QED) is 0.616. The average Bonchev–Trinajstić information content (AvgIpc) is 2.71. The Bertz CT molecular complexity index is 585. The molecular weight excluding hydrogens is 268 g/mol. The minimum absolute atomic E-state index is 0.0628. The Morgan fingerprint density at radius 3 is 2.29 bits per heavy atom. The molecular formula is C15H22N4O2. The molecule has 114 valence electrons. The van der Waals surface area contributed by atoms with E-state index in [0.29, 0.717) is 0 Å². The number of anilines is 1. The van der Waals surface area contributed by atoms with Crippen LogP contribution in [-0.4, -0.2) is 48.0 Å². The molecule has 0 aromatic carbocycles. The lowest BCUT2D eigenvalue weighted by atomic mass is 9.71. The summed E-state index contributed by atoms with van der Waals surface area (Å²) in [6, 6.07) is 1.62. The lowest BCUT2D eigenvalue weighted by Gasteiger charge is -2.30. The van der Waals surface area contributed by atoms with Gasteiger partial charge >= 0.3 is 0 Å². The van der Waals surface area contributed by atoms with Crippen LogP contribution < -0.4 is 4.90 Å². The fraction of sp³-hybridized carbons (Fsp3) is 0.667. The predicted octanol–water partition coefficient (Wildman–Crippen LogP) is 2.08. The van der Waals surface area contributed by atoms with Gasteiger partial charge in [0, 0.05) is 43.1 Å². The van der Waals surface area contributed by atoms with Crippen molar-refractivity contribution in [1.82, 2.24) is 9.88 Å². The first kappa shape index (κ1) is 14.3. The summed E-state index contributed by atoms with van der Waals surface area (Å²) >= 11 is 0. The third-order valence-electron chi connectivity index (χ3n) is 5.32. The lowest BCUT2D eigenvalue weighted by molar-refractivity contribution is -0.385. The molecule has 6 heteroatoms. The van der Waals surface area contributed by atoms with Crippen LogP contribution in [0.2, 0.25) is 0 Å². The number of likely N-dealkylation sites (tertiary alicyclic amines) is 1. The van der Waals surface area contributed by atoms with Crippen LogP contribution >= 0.6 is 0 Å². The van der Waals surface area contributed by atoms with Gasteiger partial charge in [0.05, 0.1) is 4.92 Å². The van der Waals surface area contributed by atoms with E-state index in [-0.39, 0.29) is 21.4 Å². The number of pyridine rings is 1. The van der Waals surface area contributed by atoms with Crippen LogP contribution in [0.1, 0.15) is 19.4 Å². The molecule has 0 spiro atoms. The Hall–Kier alpha value is -1.69. The summed E-state index contributed by atoms with van der Waals surface area (Å²) in [6.07, 6.45) is 1.37. The zero-order chi connectivity index (χ0) is 15.4. The van der Waals surface area contributed by atoms with Crippen LogP contribution in [0.25, 0.3) is 0 Å². The van der Waals surface area contributed by atoms with Crippen molar-refractivity contribution in [3.05, 3.63) is 27.9 Å². The molecule has 2 atom stereocenters. The summed E-state index contributed by atoms with van der Waals surface area (Å²) in [5, 5.41) is 10.8. The summed E-state index contributed by atoms with van der Waals surface area (Å²) in [4.78, 5) is 19.5. The minimum atomic E-state index is -0.389. The van der Waals surface area contributed by atoms with Gasteiger partial charge in [-0.2, -0.15) is 0 Å². The van der Waals surface area contributed by atoms with Crippen molar-refractivity contribution in [3.8, 4) is 0 Å². The number of nitrogens with zero attached hydrogens (tertiary/aromatic N) is 4. The molecule has 0 saturated carbocycles. The SMILES string of the molecule is Cc1cc([N+](=O)[O-])cnc1N1C[C@]2(C)CN(C)C[C@@]2(C)C1. The van der Waals surface area contributed by atoms with Gasteiger partial charge in [-0.1, -0.05) is 13.8 Å². The topological polar surface area (TPSA) is 62.5 Å². The molecule has 3 rings (SSSR count). The van der Waals surface area contributed by atoms with Gasteiger partial charge in [0.15, 0.2) is 0 Å². The van der Waals surface area contributed by atoms with E-state index in [4.69, 9.17) is 0 Å². The Labute approximate surface area is 124 Å². The van der Waals surface area contributed by atoms with Crippen LogP contribution in [0.3, 0.4) is 0 Å². The highest BCUT2D eigenvalue weighted by molar-refractivity contribution is 5.52. The maximum absolute atomic E-state index is 10.8. The number of nitro groups is 1. The van der Waals surface area contributed by atoms with Crippen molar-refractivity contribution >= 4 is 11.5 Å². The largest absolute Gasteiger partial charge is 0.355 e. The second-order valence-electron chi connectivity index (χ2n) is 7.24. The molecule has 2 aliphatic rings. The van der Waals surface area contributed by atoms with E-state index >= 15 is 0 Å². The van der Waals surface area contributed by atoms with Crippen LogP contribution in [-0.2, 0) is 0 Å². The third kappa shape index (κ3) is 2.09. The maximum Gasteiger partial charge on any atom is 0.287 e. The number of fused-ring (bicyclic) bond motifs is 1. The van der Waals surface area contributed by atoms with E-state index in [1.54, 1.807) is 6.07 Å². The Morgan fingerprint density at radius 1 is 1.24 bits per heavy atom. The first-order valence-corrected chi connectivity index (χ1v) is 7.29. The first-order valence-electron chi connectivity index (χ1n) is 7.29.